The second kappa shape index (κ2) is 9.89. The number of halogens is 1. The molecule has 1 aliphatic heterocycles. The summed E-state index contributed by atoms with van der Waals surface area (Å²) < 4.78 is 27.4. The summed E-state index contributed by atoms with van der Waals surface area (Å²) in [7, 11) is 0. The van der Waals surface area contributed by atoms with E-state index in [0.29, 0.717) is 37.7 Å². The lowest BCUT2D eigenvalue weighted by atomic mass is 9.60. The summed E-state index contributed by atoms with van der Waals surface area (Å²) in [6.45, 7) is 11.2. The van der Waals surface area contributed by atoms with E-state index in [9.17, 15) is 9.59 Å². The fraction of sp³-hybridized carbons (Fsp3) is 0.742. The van der Waals surface area contributed by atoms with E-state index in [1.807, 2.05) is 20.8 Å². The third-order valence-electron chi connectivity index (χ3n) is 8.82. The monoisotopic (exact) mass is 513 g/mol. The first-order valence-corrected chi connectivity index (χ1v) is 14.4. The maximum absolute atomic E-state index is 15.5. The lowest BCUT2D eigenvalue weighted by Gasteiger charge is -2.47. The first-order chi connectivity index (χ1) is 17.4. The van der Waals surface area contributed by atoms with E-state index < -0.39 is 29.3 Å². The predicted octanol–water partition coefficient (Wildman–Crippen LogP) is 6.88. The summed E-state index contributed by atoms with van der Waals surface area (Å²) in [4.78, 5) is 27.7. The van der Waals surface area contributed by atoms with Crippen molar-refractivity contribution in [1.29, 1.82) is 0 Å². The highest BCUT2D eigenvalue weighted by Crippen LogP contribution is 2.51. The van der Waals surface area contributed by atoms with Gasteiger partial charge in [0.1, 0.15) is 23.2 Å². The summed E-state index contributed by atoms with van der Waals surface area (Å²) >= 11 is 0. The summed E-state index contributed by atoms with van der Waals surface area (Å²) in [5.41, 5.74) is 0.447. The SMILES string of the molecule is CC1CC2CC(C1)CC(C)(COc1cc(F)c(C(=O)N3CCCC3C(=O)OC(C)(C)C)cc1C1CC1)C2. The number of hydrogen-bond acceptors (Lipinski definition) is 4. The Labute approximate surface area is 221 Å². The van der Waals surface area contributed by atoms with Gasteiger partial charge in [0.25, 0.3) is 5.91 Å². The molecule has 0 radical (unpaired) electrons. The average Bonchev–Trinajstić information content (AvgIpc) is 3.50. The van der Waals surface area contributed by atoms with Crippen molar-refractivity contribution in [2.24, 2.45) is 23.2 Å². The van der Waals surface area contributed by atoms with Crippen LogP contribution in [0.25, 0.3) is 0 Å². The van der Waals surface area contributed by atoms with E-state index in [1.165, 1.54) is 43.1 Å². The van der Waals surface area contributed by atoms with Crippen LogP contribution < -0.4 is 4.74 Å². The lowest BCUT2D eigenvalue weighted by molar-refractivity contribution is -0.159. The molecule has 5 rings (SSSR count). The van der Waals surface area contributed by atoms with E-state index >= 15 is 4.39 Å². The Morgan fingerprint density at radius 2 is 1.76 bits per heavy atom. The molecule has 1 aromatic rings. The molecular weight excluding hydrogens is 469 g/mol. The van der Waals surface area contributed by atoms with Gasteiger partial charge in [0, 0.05) is 18.0 Å². The van der Waals surface area contributed by atoms with Crippen LogP contribution in [0.15, 0.2) is 12.1 Å². The molecular formula is C31H44FNO4. The van der Waals surface area contributed by atoms with Gasteiger partial charge in [0.2, 0.25) is 0 Å². The number of rotatable bonds is 6. The Bertz CT molecular complexity index is 1020. The molecule has 6 heteroatoms. The first kappa shape index (κ1) is 26.5. The summed E-state index contributed by atoms with van der Waals surface area (Å²) in [5.74, 6) is 1.85. The normalized spacial score (nSPS) is 31.8. The highest BCUT2D eigenvalue weighted by atomic mass is 19.1. The molecule has 1 amide bonds. The van der Waals surface area contributed by atoms with E-state index in [1.54, 1.807) is 6.07 Å². The molecule has 1 aromatic carbocycles. The fourth-order valence-electron chi connectivity index (χ4n) is 7.43. The maximum Gasteiger partial charge on any atom is 0.329 e. The van der Waals surface area contributed by atoms with Crippen molar-refractivity contribution < 1.29 is 23.5 Å². The molecule has 3 aliphatic carbocycles. The Morgan fingerprint density at radius 3 is 2.38 bits per heavy atom. The van der Waals surface area contributed by atoms with E-state index in [2.05, 4.69) is 13.8 Å². The van der Waals surface area contributed by atoms with Crippen molar-refractivity contribution in [3.8, 4) is 5.75 Å². The van der Waals surface area contributed by atoms with Crippen LogP contribution in [-0.2, 0) is 9.53 Å². The third kappa shape index (κ3) is 5.98. The minimum atomic E-state index is -0.667. The van der Waals surface area contributed by atoms with Crippen LogP contribution in [0.4, 0.5) is 4.39 Å². The molecule has 0 spiro atoms. The van der Waals surface area contributed by atoms with E-state index in [0.717, 1.165) is 36.2 Å². The second-order valence-corrected chi connectivity index (χ2v) is 13.9. The molecule has 3 unspecified atom stereocenters. The lowest BCUT2D eigenvalue weighted by Crippen LogP contribution is -2.43. The van der Waals surface area contributed by atoms with Crippen LogP contribution in [0.3, 0.4) is 0 Å². The molecule has 37 heavy (non-hydrogen) atoms. The highest BCUT2D eigenvalue weighted by molar-refractivity contribution is 5.98. The van der Waals surface area contributed by atoms with Crippen molar-refractivity contribution in [3.05, 3.63) is 29.1 Å². The number of hydrogen-bond donors (Lipinski definition) is 0. The Balaban J connectivity index is 1.32. The number of esters is 1. The van der Waals surface area contributed by atoms with Gasteiger partial charge in [0.05, 0.1) is 12.2 Å². The number of carbonyl (C=O) groups excluding carboxylic acids is 2. The maximum atomic E-state index is 15.5. The number of amides is 1. The molecule has 0 aromatic heterocycles. The fourth-order valence-corrected chi connectivity index (χ4v) is 7.43. The number of nitrogens with zero attached hydrogens (tertiary/aromatic N) is 1. The highest BCUT2D eigenvalue weighted by Gasteiger charge is 2.42. The van der Waals surface area contributed by atoms with Gasteiger partial charge < -0.3 is 14.4 Å². The molecule has 1 saturated heterocycles. The molecule has 5 nitrogen and oxygen atoms in total. The zero-order chi connectivity index (χ0) is 26.5. The van der Waals surface area contributed by atoms with Gasteiger partial charge in [-0.25, -0.2) is 9.18 Å². The number of likely N-dealkylation sites (tertiary alicyclic amines) is 1. The van der Waals surface area contributed by atoms with Crippen LogP contribution in [0.1, 0.15) is 114 Å². The standard InChI is InChI=1S/C31H44FNO4/c1-19-11-20-13-21(12-19)17-31(5,16-20)18-36-27-15-25(32)24(14-23(27)22-8-9-22)28(34)33-10-6-7-26(33)29(35)37-30(2,3)4/h14-15,19-22,26H,6-13,16-18H2,1-5H3. The van der Waals surface area contributed by atoms with E-state index in [4.69, 9.17) is 9.47 Å². The molecule has 3 saturated carbocycles. The average molecular weight is 514 g/mol. The van der Waals surface area contributed by atoms with Crippen molar-refractivity contribution >= 4 is 11.9 Å². The predicted molar refractivity (Wildman–Crippen MR) is 141 cm³/mol. The minimum Gasteiger partial charge on any atom is -0.493 e. The Hall–Kier alpha value is -2.11. The number of fused-ring (bicyclic) bond motifs is 2. The minimum absolute atomic E-state index is 0.0390. The summed E-state index contributed by atoms with van der Waals surface area (Å²) in [6, 6.07) is 2.46. The number of benzene rings is 1. The number of carbonyl (C=O) groups is 2. The molecule has 3 atom stereocenters. The van der Waals surface area contributed by atoms with Crippen LogP contribution in [0.2, 0.25) is 0 Å². The Kier molecular flexibility index (Phi) is 7.08. The first-order valence-electron chi connectivity index (χ1n) is 14.4. The quantitative estimate of drug-likeness (QED) is 0.389. The van der Waals surface area contributed by atoms with Crippen molar-refractivity contribution in [2.45, 2.75) is 110 Å². The zero-order valence-electron chi connectivity index (χ0n) is 23.3. The van der Waals surface area contributed by atoms with Crippen molar-refractivity contribution in [2.75, 3.05) is 13.2 Å². The second-order valence-electron chi connectivity index (χ2n) is 13.9. The van der Waals surface area contributed by atoms with Crippen molar-refractivity contribution in [1.82, 2.24) is 4.90 Å². The van der Waals surface area contributed by atoms with E-state index in [-0.39, 0.29) is 11.0 Å². The molecule has 1 heterocycles. The van der Waals surface area contributed by atoms with Gasteiger partial charge in [-0.05, 0) is 114 Å². The van der Waals surface area contributed by atoms with Crippen LogP contribution in [-0.4, -0.2) is 41.6 Å². The van der Waals surface area contributed by atoms with Gasteiger partial charge in [0.15, 0.2) is 0 Å². The van der Waals surface area contributed by atoms with Gasteiger partial charge in [-0.2, -0.15) is 0 Å². The topological polar surface area (TPSA) is 55.8 Å². The van der Waals surface area contributed by atoms with Gasteiger partial charge in [-0.15, -0.1) is 0 Å². The molecule has 2 bridgehead atoms. The smallest absolute Gasteiger partial charge is 0.329 e. The molecule has 4 fully saturated rings. The number of ether oxygens (including phenoxy) is 2. The van der Waals surface area contributed by atoms with Crippen molar-refractivity contribution in [3.63, 3.8) is 0 Å². The molecule has 0 N–H and O–H groups in total. The summed E-state index contributed by atoms with van der Waals surface area (Å²) in [6.07, 6.45) is 9.61. The molecule has 4 aliphatic rings. The van der Waals surface area contributed by atoms with Crippen LogP contribution in [0.5, 0.6) is 5.75 Å². The summed E-state index contributed by atoms with van der Waals surface area (Å²) in [5, 5.41) is 0. The third-order valence-corrected chi connectivity index (χ3v) is 8.82. The largest absolute Gasteiger partial charge is 0.493 e. The van der Waals surface area contributed by atoms with Gasteiger partial charge in [-0.3, -0.25) is 4.79 Å². The van der Waals surface area contributed by atoms with Gasteiger partial charge in [-0.1, -0.05) is 13.8 Å². The molecule has 204 valence electrons. The zero-order valence-corrected chi connectivity index (χ0v) is 23.3. The van der Waals surface area contributed by atoms with Gasteiger partial charge >= 0.3 is 5.97 Å². The van der Waals surface area contributed by atoms with Crippen LogP contribution in [0, 0.1) is 29.0 Å². The Morgan fingerprint density at radius 1 is 1.08 bits per heavy atom. The van der Waals surface area contributed by atoms with Crippen LogP contribution >= 0.6 is 0 Å².